The van der Waals surface area contributed by atoms with E-state index in [1.807, 2.05) is 30.3 Å². The number of carboxylic acids is 1. The van der Waals surface area contributed by atoms with E-state index < -0.39 is 12.6 Å². The molecule has 0 bridgehead atoms. The third kappa shape index (κ3) is 5.31. The van der Waals surface area contributed by atoms with E-state index in [9.17, 15) is 4.79 Å². The lowest BCUT2D eigenvalue weighted by Crippen LogP contribution is -2.47. The van der Waals surface area contributed by atoms with E-state index in [-0.39, 0.29) is 0 Å². The molecule has 1 aliphatic heterocycles. The standard InChI is InChI=1S/C30H32Cl2N2O5/c1-37-25-14-20(7-8-24(25)38-17-26(35)36)34-11-9-30(10-12-34)15-18(16-30)13-21-28(33-39-29(21)19-5-6-19)27-22(31)3-2-4-23(27)32/h2-4,7-8,14,18-19H,5-6,9-13,15-17H2,1H3,(H,35,36). The third-order valence-electron chi connectivity index (χ3n) is 8.59. The van der Waals surface area contributed by atoms with Gasteiger partial charge < -0.3 is 24.0 Å². The number of anilines is 1. The fourth-order valence-corrected chi connectivity index (χ4v) is 7.04. The maximum atomic E-state index is 10.9. The summed E-state index contributed by atoms with van der Waals surface area (Å²) in [5, 5.41) is 14.6. The molecule has 2 aromatic carbocycles. The molecule has 2 saturated carbocycles. The van der Waals surface area contributed by atoms with Gasteiger partial charge in [0.1, 0.15) is 11.5 Å². The van der Waals surface area contributed by atoms with Gasteiger partial charge in [-0.3, -0.25) is 0 Å². The molecule has 7 nitrogen and oxygen atoms in total. The summed E-state index contributed by atoms with van der Waals surface area (Å²) < 4.78 is 16.7. The van der Waals surface area contributed by atoms with Gasteiger partial charge in [-0.15, -0.1) is 0 Å². The zero-order chi connectivity index (χ0) is 27.1. The Labute approximate surface area is 238 Å². The molecule has 0 atom stereocenters. The molecule has 3 fully saturated rings. The van der Waals surface area contributed by atoms with E-state index in [1.54, 1.807) is 13.2 Å². The second-order valence-corrected chi connectivity index (χ2v) is 12.0. The molecule has 206 valence electrons. The van der Waals surface area contributed by atoms with Gasteiger partial charge in [0.15, 0.2) is 18.1 Å². The number of halogens is 2. The van der Waals surface area contributed by atoms with Gasteiger partial charge in [0.05, 0.1) is 17.2 Å². The third-order valence-corrected chi connectivity index (χ3v) is 9.22. The number of carbonyl (C=O) groups is 1. The lowest BCUT2D eigenvalue weighted by molar-refractivity contribution is -0.139. The molecular weight excluding hydrogens is 539 g/mol. The molecule has 3 aromatic rings. The molecule has 1 aromatic heterocycles. The van der Waals surface area contributed by atoms with Crippen molar-refractivity contribution >= 4 is 34.9 Å². The van der Waals surface area contributed by atoms with Gasteiger partial charge in [-0.05, 0) is 80.5 Å². The number of aromatic nitrogens is 1. The normalized spacial score (nSPS) is 18.7. The minimum absolute atomic E-state index is 0.384. The summed E-state index contributed by atoms with van der Waals surface area (Å²) in [6, 6.07) is 11.3. The van der Waals surface area contributed by atoms with Crippen LogP contribution in [0.3, 0.4) is 0 Å². The molecule has 6 rings (SSSR count). The number of methoxy groups -OCH3 is 1. The van der Waals surface area contributed by atoms with Gasteiger partial charge in [-0.25, -0.2) is 4.79 Å². The number of hydrogen-bond acceptors (Lipinski definition) is 6. The lowest BCUT2D eigenvalue weighted by Gasteiger charge is -2.53. The van der Waals surface area contributed by atoms with E-state index in [4.69, 9.17) is 42.3 Å². The monoisotopic (exact) mass is 570 g/mol. The summed E-state index contributed by atoms with van der Waals surface area (Å²) >= 11 is 13.1. The number of nitrogens with zero attached hydrogens (tertiary/aromatic N) is 2. The fourth-order valence-electron chi connectivity index (χ4n) is 6.46. The Bertz CT molecular complexity index is 1350. The Morgan fingerprint density at radius 3 is 2.49 bits per heavy atom. The van der Waals surface area contributed by atoms with E-state index in [2.05, 4.69) is 10.1 Å². The summed E-state index contributed by atoms with van der Waals surface area (Å²) in [5.74, 6) is 2.07. The number of hydrogen-bond donors (Lipinski definition) is 1. The Morgan fingerprint density at radius 2 is 1.85 bits per heavy atom. The molecule has 39 heavy (non-hydrogen) atoms. The van der Waals surface area contributed by atoms with Crippen LogP contribution in [0.5, 0.6) is 11.5 Å². The van der Waals surface area contributed by atoms with Crippen LogP contribution in [0, 0.1) is 11.3 Å². The first-order valence-electron chi connectivity index (χ1n) is 13.6. The van der Waals surface area contributed by atoms with Crippen LogP contribution in [-0.2, 0) is 11.2 Å². The molecule has 1 N–H and O–H groups in total. The quantitative estimate of drug-likeness (QED) is 0.290. The van der Waals surface area contributed by atoms with Crippen molar-refractivity contribution < 1.29 is 23.9 Å². The minimum Gasteiger partial charge on any atom is -0.493 e. The highest BCUT2D eigenvalue weighted by atomic mass is 35.5. The minimum atomic E-state index is -1.02. The van der Waals surface area contributed by atoms with Crippen molar-refractivity contribution in [2.45, 2.75) is 50.9 Å². The smallest absolute Gasteiger partial charge is 0.341 e. The first-order chi connectivity index (χ1) is 18.9. The van der Waals surface area contributed by atoms with Crippen LogP contribution in [0.15, 0.2) is 40.9 Å². The Morgan fingerprint density at radius 1 is 1.13 bits per heavy atom. The lowest BCUT2D eigenvalue weighted by atomic mass is 9.56. The first kappa shape index (κ1) is 26.3. The first-order valence-corrected chi connectivity index (χ1v) is 14.3. The summed E-state index contributed by atoms with van der Waals surface area (Å²) in [6.07, 6.45) is 7.96. The summed E-state index contributed by atoms with van der Waals surface area (Å²) in [4.78, 5) is 13.2. The number of piperidine rings is 1. The topological polar surface area (TPSA) is 85.0 Å². The van der Waals surface area contributed by atoms with Crippen molar-refractivity contribution in [3.63, 3.8) is 0 Å². The number of carboxylic acid groups (broad SMARTS) is 1. The van der Waals surface area contributed by atoms with E-state index in [0.29, 0.717) is 38.8 Å². The highest BCUT2D eigenvalue weighted by Gasteiger charge is 2.47. The van der Waals surface area contributed by atoms with Crippen LogP contribution < -0.4 is 14.4 Å². The molecular formula is C30H32Cl2N2O5. The van der Waals surface area contributed by atoms with Crippen molar-refractivity contribution in [2.24, 2.45) is 11.3 Å². The average Bonchev–Trinajstić information content (AvgIpc) is 3.68. The van der Waals surface area contributed by atoms with Crippen LogP contribution in [0.1, 0.15) is 55.8 Å². The maximum Gasteiger partial charge on any atom is 0.341 e. The zero-order valence-corrected chi connectivity index (χ0v) is 23.4. The van der Waals surface area contributed by atoms with Gasteiger partial charge in [0.2, 0.25) is 0 Å². The summed E-state index contributed by atoms with van der Waals surface area (Å²) in [5.41, 5.74) is 4.24. The number of aliphatic carboxylic acids is 1. The largest absolute Gasteiger partial charge is 0.493 e. The SMILES string of the molecule is COc1cc(N2CCC3(CC2)CC(Cc2c(-c4c(Cl)cccc4Cl)noc2C2CC2)C3)ccc1OCC(=O)O. The summed E-state index contributed by atoms with van der Waals surface area (Å²) in [6.45, 7) is 1.56. The van der Waals surface area contributed by atoms with E-state index >= 15 is 0 Å². The average molecular weight is 572 g/mol. The Balaban J connectivity index is 1.10. The van der Waals surface area contributed by atoms with Crippen LogP contribution in [-0.4, -0.2) is 43.0 Å². The molecule has 0 unspecified atom stereocenters. The maximum absolute atomic E-state index is 10.9. The Hall–Kier alpha value is -2.90. The van der Waals surface area contributed by atoms with Crippen molar-refractivity contribution in [1.82, 2.24) is 5.16 Å². The van der Waals surface area contributed by atoms with Crippen LogP contribution >= 0.6 is 23.2 Å². The molecule has 0 radical (unpaired) electrons. The zero-order valence-electron chi connectivity index (χ0n) is 21.9. The van der Waals surface area contributed by atoms with Gasteiger partial charge in [-0.2, -0.15) is 0 Å². The number of benzene rings is 2. The van der Waals surface area contributed by atoms with Gasteiger partial charge >= 0.3 is 5.97 Å². The molecule has 9 heteroatoms. The predicted octanol–water partition coefficient (Wildman–Crippen LogP) is 7.24. The van der Waals surface area contributed by atoms with Gasteiger partial charge in [0, 0.05) is 41.9 Å². The molecule has 0 amide bonds. The van der Waals surface area contributed by atoms with E-state index in [1.165, 1.54) is 18.4 Å². The fraction of sp³-hybridized carbons (Fsp3) is 0.467. The summed E-state index contributed by atoms with van der Waals surface area (Å²) in [7, 11) is 1.57. The van der Waals surface area contributed by atoms with Crippen LogP contribution in [0.2, 0.25) is 10.0 Å². The molecule has 1 spiro atoms. The molecule has 2 heterocycles. The highest BCUT2D eigenvalue weighted by Crippen LogP contribution is 2.55. The van der Waals surface area contributed by atoms with Crippen molar-refractivity contribution in [3.05, 3.63) is 57.8 Å². The van der Waals surface area contributed by atoms with Crippen molar-refractivity contribution in [2.75, 3.05) is 31.7 Å². The van der Waals surface area contributed by atoms with Gasteiger partial charge in [0.25, 0.3) is 0 Å². The Kier molecular flexibility index (Phi) is 7.15. The van der Waals surface area contributed by atoms with Crippen LogP contribution in [0.4, 0.5) is 5.69 Å². The van der Waals surface area contributed by atoms with E-state index in [0.717, 1.165) is 67.9 Å². The second kappa shape index (κ2) is 10.6. The number of ether oxygens (including phenoxy) is 2. The van der Waals surface area contributed by atoms with Crippen molar-refractivity contribution in [3.8, 4) is 22.8 Å². The molecule has 2 aliphatic carbocycles. The van der Waals surface area contributed by atoms with Gasteiger partial charge in [-0.1, -0.05) is 34.4 Å². The van der Waals surface area contributed by atoms with Crippen molar-refractivity contribution in [1.29, 1.82) is 0 Å². The molecule has 3 aliphatic rings. The second-order valence-electron chi connectivity index (χ2n) is 11.2. The van der Waals surface area contributed by atoms with Crippen LogP contribution in [0.25, 0.3) is 11.3 Å². The molecule has 1 saturated heterocycles. The highest BCUT2D eigenvalue weighted by molar-refractivity contribution is 6.39. The predicted molar refractivity (Wildman–Crippen MR) is 150 cm³/mol. The number of rotatable bonds is 9.